The molecule has 0 bridgehead atoms. The van der Waals surface area contributed by atoms with Gasteiger partial charge in [-0.25, -0.2) is 13.4 Å². The highest BCUT2D eigenvalue weighted by molar-refractivity contribution is 7.91. The first-order valence-electron chi connectivity index (χ1n) is 11.7. The summed E-state index contributed by atoms with van der Waals surface area (Å²) in [6, 6.07) is 12.9. The van der Waals surface area contributed by atoms with Crippen molar-refractivity contribution in [2.75, 3.05) is 24.6 Å². The molecule has 0 atom stereocenters. The maximum atomic E-state index is 13.8. The van der Waals surface area contributed by atoms with Gasteiger partial charge in [0.15, 0.2) is 5.13 Å². The van der Waals surface area contributed by atoms with Gasteiger partial charge in [0, 0.05) is 31.4 Å². The Hall–Kier alpha value is -2.86. The fourth-order valence-electron chi connectivity index (χ4n) is 4.28. The van der Waals surface area contributed by atoms with Crippen LogP contribution in [0.4, 0.5) is 5.13 Å². The van der Waals surface area contributed by atoms with Crippen molar-refractivity contribution in [2.24, 2.45) is 5.92 Å². The van der Waals surface area contributed by atoms with Crippen LogP contribution in [0.5, 0.6) is 5.75 Å². The maximum Gasteiger partial charge on any atom is 0.252 e. The van der Waals surface area contributed by atoms with E-state index in [1.54, 1.807) is 34.8 Å². The van der Waals surface area contributed by atoms with Crippen molar-refractivity contribution < 1.29 is 17.9 Å². The highest BCUT2D eigenvalue weighted by Crippen LogP contribution is 2.35. The smallest absolute Gasteiger partial charge is 0.252 e. The van der Waals surface area contributed by atoms with Crippen LogP contribution in [-0.4, -0.2) is 48.3 Å². The van der Waals surface area contributed by atoms with Gasteiger partial charge in [0.1, 0.15) is 9.96 Å². The number of thiazole rings is 1. The Kier molecular flexibility index (Phi) is 7.33. The Balaban J connectivity index is 1.38. The molecule has 188 valence electrons. The van der Waals surface area contributed by atoms with E-state index in [0.29, 0.717) is 48.4 Å². The molecule has 3 aromatic heterocycles. The molecular weight excluding hydrogens is 517 g/mol. The number of sulfonamides is 1. The van der Waals surface area contributed by atoms with Gasteiger partial charge >= 0.3 is 0 Å². The second-order valence-electron chi connectivity index (χ2n) is 8.45. The zero-order chi connectivity index (χ0) is 25.1. The summed E-state index contributed by atoms with van der Waals surface area (Å²) < 4.78 is 34.2. The first-order chi connectivity index (χ1) is 17.5. The van der Waals surface area contributed by atoms with E-state index in [1.807, 2.05) is 37.3 Å². The molecule has 1 saturated heterocycles. The molecule has 0 N–H and O–H groups in total. The highest BCUT2D eigenvalue weighted by Gasteiger charge is 2.35. The number of fused-ring (bicyclic) bond motifs is 1. The monoisotopic (exact) mass is 542 g/mol. The number of hydrogen-bond acceptors (Lipinski definition) is 8. The van der Waals surface area contributed by atoms with Crippen LogP contribution in [0.1, 0.15) is 25.3 Å². The fourth-order valence-corrected chi connectivity index (χ4v) is 7.89. The average molecular weight is 543 g/mol. The van der Waals surface area contributed by atoms with E-state index in [2.05, 4.69) is 4.98 Å². The molecule has 4 aromatic rings. The molecule has 0 saturated carbocycles. The van der Waals surface area contributed by atoms with E-state index in [4.69, 9.17) is 9.72 Å². The normalized spacial score (nSPS) is 15.2. The van der Waals surface area contributed by atoms with Gasteiger partial charge in [0.25, 0.3) is 10.0 Å². The fraction of sp³-hybridized carbons (Fsp3) is 0.320. The number of carbonyl (C=O) groups is 1. The average Bonchev–Trinajstić information content (AvgIpc) is 3.58. The number of carbonyl (C=O) groups excluding carboxylic acids is 1. The minimum absolute atomic E-state index is 0.0379. The van der Waals surface area contributed by atoms with Crippen LogP contribution in [-0.2, 0) is 21.4 Å². The summed E-state index contributed by atoms with van der Waals surface area (Å²) in [5, 5.41) is 2.38. The molecule has 1 amide bonds. The minimum Gasteiger partial charge on any atom is -0.494 e. The highest BCUT2D eigenvalue weighted by atomic mass is 32.2. The summed E-state index contributed by atoms with van der Waals surface area (Å²) in [6.45, 7) is 3.51. The number of hydrogen-bond donors (Lipinski definition) is 0. The number of piperidine rings is 1. The molecule has 1 aliphatic heterocycles. The number of benzene rings is 1. The van der Waals surface area contributed by atoms with Crippen molar-refractivity contribution in [3.8, 4) is 5.75 Å². The predicted molar refractivity (Wildman–Crippen MR) is 142 cm³/mol. The first-order valence-corrected chi connectivity index (χ1v) is 14.9. The minimum atomic E-state index is -3.52. The molecule has 11 heteroatoms. The van der Waals surface area contributed by atoms with E-state index in [9.17, 15) is 13.2 Å². The first kappa shape index (κ1) is 24.8. The Morgan fingerprint density at radius 3 is 2.64 bits per heavy atom. The van der Waals surface area contributed by atoms with Crippen LogP contribution in [0.3, 0.4) is 0 Å². The van der Waals surface area contributed by atoms with Gasteiger partial charge < -0.3 is 4.74 Å². The lowest BCUT2D eigenvalue weighted by Gasteiger charge is -2.32. The zero-order valence-corrected chi connectivity index (χ0v) is 22.2. The van der Waals surface area contributed by atoms with E-state index in [0.717, 1.165) is 21.5 Å². The number of nitrogens with zero attached hydrogens (tertiary/aromatic N) is 4. The van der Waals surface area contributed by atoms with Gasteiger partial charge in [-0.05, 0) is 67.1 Å². The Bertz CT molecular complexity index is 1430. The van der Waals surface area contributed by atoms with E-state index in [1.165, 1.54) is 27.0 Å². The van der Waals surface area contributed by atoms with Crippen LogP contribution >= 0.6 is 22.7 Å². The van der Waals surface area contributed by atoms with Crippen molar-refractivity contribution in [1.29, 1.82) is 0 Å². The number of amides is 1. The van der Waals surface area contributed by atoms with Gasteiger partial charge in [0.05, 0.1) is 23.4 Å². The molecule has 0 radical (unpaired) electrons. The molecule has 36 heavy (non-hydrogen) atoms. The molecule has 0 aliphatic carbocycles. The van der Waals surface area contributed by atoms with Crippen LogP contribution < -0.4 is 9.64 Å². The van der Waals surface area contributed by atoms with Crippen molar-refractivity contribution in [3.63, 3.8) is 0 Å². The number of aromatic nitrogens is 2. The molecule has 1 aliphatic rings. The molecule has 0 unspecified atom stereocenters. The van der Waals surface area contributed by atoms with Crippen molar-refractivity contribution in [2.45, 2.75) is 30.5 Å². The van der Waals surface area contributed by atoms with E-state index in [-0.39, 0.29) is 11.8 Å². The standard InChI is InChI=1S/C25H26N4O4S3/c1-2-33-20-5-6-21-22(16-20)35-25(27-21)29(17-18-7-11-26-12-8-18)24(30)19-9-13-28(14-10-19)36(31,32)23-4-3-15-34-23/h3-8,11-12,15-16,19H,2,9-10,13-14,17H2,1H3. The Morgan fingerprint density at radius 1 is 1.17 bits per heavy atom. The number of anilines is 1. The lowest BCUT2D eigenvalue weighted by Crippen LogP contribution is -2.44. The SMILES string of the molecule is CCOc1ccc2nc(N(Cc3ccncc3)C(=O)C3CCN(S(=O)(=O)c4cccs4)CC3)sc2c1. The number of rotatable bonds is 8. The summed E-state index contributed by atoms with van der Waals surface area (Å²) in [6.07, 6.45) is 4.35. The third-order valence-corrected chi connectivity index (χ3v) is 10.5. The third kappa shape index (κ3) is 5.15. The maximum absolute atomic E-state index is 13.8. The molecule has 8 nitrogen and oxygen atoms in total. The van der Waals surface area contributed by atoms with Crippen LogP contribution in [0.15, 0.2) is 64.4 Å². The molecule has 1 aromatic carbocycles. The van der Waals surface area contributed by atoms with Gasteiger partial charge in [-0.2, -0.15) is 4.31 Å². The van der Waals surface area contributed by atoms with E-state index < -0.39 is 10.0 Å². The van der Waals surface area contributed by atoms with Gasteiger partial charge in [-0.3, -0.25) is 14.7 Å². The lowest BCUT2D eigenvalue weighted by atomic mass is 9.96. The summed E-state index contributed by atoms with van der Waals surface area (Å²) in [4.78, 5) is 24.4. The number of pyridine rings is 1. The Morgan fingerprint density at radius 2 is 1.94 bits per heavy atom. The second kappa shape index (κ2) is 10.6. The molecule has 1 fully saturated rings. The van der Waals surface area contributed by atoms with Gasteiger partial charge in [-0.15, -0.1) is 11.3 Å². The molecule has 5 rings (SSSR count). The quantitative estimate of drug-likeness (QED) is 0.318. The topological polar surface area (TPSA) is 92.7 Å². The number of thiophene rings is 1. The lowest BCUT2D eigenvalue weighted by molar-refractivity contribution is -0.123. The van der Waals surface area contributed by atoms with Crippen molar-refractivity contribution in [1.82, 2.24) is 14.3 Å². The second-order valence-corrected chi connectivity index (χ2v) is 12.6. The summed E-state index contributed by atoms with van der Waals surface area (Å²) in [7, 11) is -3.52. The van der Waals surface area contributed by atoms with Crippen LogP contribution in [0.2, 0.25) is 0 Å². The van der Waals surface area contributed by atoms with Crippen LogP contribution in [0.25, 0.3) is 10.2 Å². The summed E-state index contributed by atoms with van der Waals surface area (Å²) >= 11 is 2.67. The van der Waals surface area contributed by atoms with Crippen molar-refractivity contribution in [3.05, 3.63) is 65.8 Å². The Labute approximate surface area is 218 Å². The molecule has 4 heterocycles. The summed E-state index contributed by atoms with van der Waals surface area (Å²) in [5.74, 6) is 0.447. The summed E-state index contributed by atoms with van der Waals surface area (Å²) in [5.41, 5.74) is 1.76. The van der Waals surface area contributed by atoms with Gasteiger partial charge in [0.2, 0.25) is 5.91 Å². The third-order valence-electron chi connectivity index (χ3n) is 6.14. The van der Waals surface area contributed by atoms with Crippen LogP contribution in [0, 0.1) is 5.92 Å². The zero-order valence-electron chi connectivity index (χ0n) is 19.7. The largest absolute Gasteiger partial charge is 0.494 e. The van der Waals surface area contributed by atoms with Gasteiger partial charge in [-0.1, -0.05) is 17.4 Å². The predicted octanol–water partition coefficient (Wildman–Crippen LogP) is 4.79. The van der Waals surface area contributed by atoms with E-state index >= 15 is 0 Å². The molecular formula is C25H26N4O4S3. The van der Waals surface area contributed by atoms with Crippen molar-refractivity contribution >= 4 is 54.0 Å². The molecule has 0 spiro atoms. The number of ether oxygens (including phenoxy) is 1.